The lowest BCUT2D eigenvalue weighted by molar-refractivity contribution is -0.114. The minimum Gasteiger partial charge on any atom is -0.457 e. The molecular formula is C28H21FN2O4S. The van der Waals surface area contributed by atoms with Gasteiger partial charge in [0.1, 0.15) is 22.2 Å². The van der Waals surface area contributed by atoms with Gasteiger partial charge in [-0.1, -0.05) is 48.5 Å². The number of aryl methyl sites for hydroxylation is 1. The summed E-state index contributed by atoms with van der Waals surface area (Å²) >= 11 is 0. The summed E-state index contributed by atoms with van der Waals surface area (Å²) in [4.78, 5) is 11.8. The lowest BCUT2D eigenvalue weighted by atomic mass is 10.1. The van der Waals surface area contributed by atoms with Crippen molar-refractivity contribution >= 4 is 43.7 Å². The molecule has 1 heterocycles. The van der Waals surface area contributed by atoms with Crippen molar-refractivity contribution in [2.45, 2.75) is 4.90 Å². The van der Waals surface area contributed by atoms with Gasteiger partial charge in [0.2, 0.25) is 0 Å². The number of hydrogen-bond acceptors (Lipinski definition) is 4. The third-order valence-electron chi connectivity index (χ3n) is 5.73. The number of halogens is 1. The van der Waals surface area contributed by atoms with Crippen LogP contribution < -0.4 is 9.46 Å². The molecule has 5 rings (SSSR count). The number of amides is 1. The molecule has 1 aromatic heterocycles. The first-order valence-corrected chi connectivity index (χ1v) is 12.5. The zero-order chi connectivity index (χ0) is 25.3. The lowest BCUT2D eigenvalue weighted by Crippen LogP contribution is -2.29. The molecule has 36 heavy (non-hydrogen) atoms. The van der Waals surface area contributed by atoms with Crippen LogP contribution in [0, 0.1) is 5.82 Å². The van der Waals surface area contributed by atoms with E-state index < -0.39 is 26.6 Å². The first kappa shape index (κ1) is 23.3. The van der Waals surface area contributed by atoms with E-state index in [0.29, 0.717) is 17.1 Å². The van der Waals surface area contributed by atoms with Crippen molar-refractivity contribution in [1.82, 2.24) is 9.29 Å². The van der Waals surface area contributed by atoms with E-state index in [9.17, 15) is 17.6 Å². The Hall–Kier alpha value is -4.43. The second kappa shape index (κ2) is 9.31. The monoisotopic (exact) mass is 500 g/mol. The molecule has 5 aromatic rings. The molecule has 0 fully saturated rings. The predicted octanol–water partition coefficient (Wildman–Crippen LogP) is 5.78. The van der Waals surface area contributed by atoms with Crippen molar-refractivity contribution in [1.29, 1.82) is 0 Å². The Balaban J connectivity index is 1.44. The number of benzene rings is 4. The fraction of sp³-hybridized carbons (Fsp3) is 0.0357. The third-order valence-corrected chi connectivity index (χ3v) is 7.11. The lowest BCUT2D eigenvalue weighted by Gasteiger charge is -2.09. The number of carbonyl (C=O) groups is 1. The van der Waals surface area contributed by atoms with Crippen LogP contribution >= 0.6 is 0 Å². The van der Waals surface area contributed by atoms with Gasteiger partial charge in [-0.2, -0.15) is 0 Å². The smallest absolute Gasteiger partial charge is 0.267 e. The average molecular weight is 501 g/mol. The highest BCUT2D eigenvalue weighted by Crippen LogP contribution is 2.35. The van der Waals surface area contributed by atoms with Crippen molar-refractivity contribution in [2.24, 2.45) is 7.05 Å². The second-order valence-corrected chi connectivity index (χ2v) is 9.84. The molecule has 0 aliphatic rings. The van der Waals surface area contributed by atoms with E-state index in [1.807, 2.05) is 83.2 Å². The molecule has 1 N–H and O–H groups in total. The fourth-order valence-corrected chi connectivity index (χ4v) is 5.09. The molecule has 0 saturated carbocycles. The van der Waals surface area contributed by atoms with Crippen molar-refractivity contribution in [3.63, 3.8) is 0 Å². The Kier molecular flexibility index (Phi) is 6.03. The maximum absolute atomic E-state index is 13.9. The van der Waals surface area contributed by atoms with E-state index in [-0.39, 0.29) is 0 Å². The maximum Gasteiger partial charge on any atom is 0.267 e. The van der Waals surface area contributed by atoms with Crippen LogP contribution in [0.1, 0.15) is 5.56 Å². The van der Waals surface area contributed by atoms with Crippen LogP contribution in [0.4, 0.5) is 4.39 Å². The van der Waals surface area contributed by atoms with Crippen LogP contribution in [-0.2, 0) is 21.9 Å². The van der Waals surface area contributed by atoms with Crippen molar-refractivity contribution in [2.75, 3.05) is 0 Å². The van der Waals surface area contributed by atoms with Gasteiger partial charge < -0.3 is 9.30 Å². The Labute approximate surface area is 207 Å². The van der Waals surface area contributed by atoms with Crippen LogP contribution in [0.15, 0.2) is 102 Å². The molecule has 0 unspecified atom stereocenters. The first-order valence-electron chi connectivity index (χ1n) is 11.1. The number of aromatic nitrogens is 1. The number of nitrogens with zero attached hydrogens (tertiary/aromatic N) is 1. The van der Waals surface area contributed by atoms with Gasteiger partial charge in [0.15, 0.2) is 0 Å². The van der Waals surface area contributed by atoms with Crippen molar-refractivity contribution in [3.05, 3.63) is 109 Å². The Morgan fingerprint density at radius 3 is 2.50 bits per heavy atom. The summed E-state index contributed by atoms with van der Waals surface area (Å²) in [7, 11) is -2.49. The van der Waals surface area contributed by atoms with Gasteiger partial charge in [0, 0.05) is 30.3 Å². The van der Waals surface area contributed by atoms with E-state index in [4.69, 9.17) is 4.74 Å². The molecule has 0 bridgehead atoms. The minimum atomic E-state index is -4.35. The molecule has 180 valence electrons. The molecule has 0 radical (unpaired) electrons. The molecule has 0 atom stereocenters. The van der Waals surface area contributed by atoms with E-state index in [2.05, 4.69) is 0 Å². The van der Waals surface area contributed by atoms with Crippen LogP contribution in [0.5, 0.6) is 11.5 Å². The Morgan fingerprint density at radius 1 is 0.944 bits per heavy atom. The summed E-state index contributed by atoms with van der Waals surface area (Å²) in [6.07, 6.45) is 4.41. The fourth-order valence-electron chi connectivity index (χ4n) is 4.07. The second-order valence-electron chi connectivity index (χ2n) is 8.19. The topological polar surface area (TPSA) is 77.4 Å². The average Bonchev–Trinajstić information content (AvgIpc) is 3.19. The van der Waals surface area contributed by atoms with Crippen LogP contribution in [-0.4, -0.2) is 18.9 Å². The predicted molar refractivity (Wildman–Crippen MR) is 138 cm³/mol. The van der Waals surface area contributed by atoms with Gasteiger partial charge >= 0.3 is 0 Å². The number of nitrogens with one attached hydrogen (secondary N) is 1. The highest BCUT2D eigenvalue weighted by Gasteiger charge is 2.20. The summed E-state index contributed by atoms with van der Waals surface area (Å²) in [5, 5.41) is 2.90. The molecule has 0 aliphatic heterocycles. The molecule has 0 aliphatic carbocycles. The van der Waals surface area contributed by atoms with Gasteiger partial charge in [-0.05, 0) is 53.2 Å². The molecule has 1 amide bonds. The molecule has 0 spiro atoms. The summed E-state index contributed by atoms with van der Waals surface area (Å²) < 4.78 is 48.7. The summed E-state index contributed by atoms with van der Waals surface area (Å²) in [5.74, 6) is -0.592. The SMILES string of the molecule is Cn1cc(/C=C/C(=O)NS(=O)(=O)c2ccccc2F)c2c(Oc3ccc4ccccc4c3)cccc21. The van der Waals surface area contributed by atoms with Gasteiger partial charge in [-0.15, -0.1) is 0 Å². The largest absolute Gasteiger partial charge is 0.457 e. The number of fused-ring (bicyclic) bond motifs is 2. The molecule has 0 saturated heterocycles. The van der Waals surface area contributed by atoms with Crippen LogP contribution in [0.3, 0.4) is 0 Å². The molecule has 8 heteroatoms. The highest BCUT2D eigenvalue weighted by molar-refractivity contribution is 7.90. The highest BCUT2D eigenvalue weighted by atomic mass is 32.2. The summed E-state index contributed by atoms with van der Waals surface area (Å²) in [5.41, 5.74) is 1.52. The third kappa shape index (κ3) is 4.58. The quantitative estimate of drug-likeness (QED) is 0.300. The standard InChI is InChI=1S/C28H21FN2O4S/c1-31-18-21(14-16-27(32)30-36(33,34)26-12-5-4-9-23(26)29)28-24(31)10-6-11-25(28)35-22-15-13-19-7-2-3-8-20(19)17-22/h2-18H,1H3,(H,30,32)/b16-14+. The zero-order valence-corrected chi connectivity index (χ0v) is 20.0. The number of carbonyl (C=O) groups excluding carboxylic acids is 1. The summed E-state index contributed by atoms with van der Waals surface area (Å²) in [6, 6.07) is 24.3. The number of rotatable bonds is 6. The number of sulfonamides is 1. The van der Waals surface area contributed by atoms with Crippen LogP contribution in [0.2, 0.25) is 0 Å². The minimum absolute atomic E-state index is 0.586. The van der Waals surface area contributed by atoms with Crippen molar-refractivity contribution < 1.29 is 22.3 Å². The first-order chi connectivity index (χ1) is 17.3. The van der Waals surface area contributed by atoms with E-state index in [1.165, 1.54) is 18.2 Å². The van der Waals surface area contributed by atoms with Crippen LogP contribution in [0.25, 0.3) is 27.8 Å². The van der Waals surface area contributed by atoms with E-state index in [1.54, 1.807) is 0 Å². The Bertz CT molecular complexity index is 1760. The number of ether oxygens (including phenoxy) is 1. The normalized spacial score (nSPS) is 11.8. The van der Waals surface area contributed by atoms with Gasteiger partial charge in [-0.3, -0.25) is 4.79 Å². The van der Waals surface area contributed by atoms with E-state index in [0.717, 1.165) is 39.9 Å². The van der Waals surface area contributed by atoms with Gasteiger partial charge in [0.05, 0.1) is 5.52 Å². The Morgan fingerprint density at radius 2 is 1.69 bits per heavy atom. The van der Waals surface area contributed by atoms with Gasteiger partial charge in [0.25, 0.3) is 15.9 Å². The molecule has 6 nitrogen and oxygen atoms in total. The van der Waals surface area contributed by atoms with Crippen molar-refractivity contribution in [3.8, 4) is 11.5 Å². The van der Waals surface area contributed by atoms with E-state index >= 15 is 0 Å². The molecular weight excluding hydrogens is 479 g/mol. The number of hydrogen-bond donors (Lipinski definition) is 1. The zero-order valence-electron chi connectivity index (χ0n) is 19.2. The maximum atomic E-state index is 13.9. The van der Waals surface area contributed by atoms with Gasteiger partial charge in [-0.25, -0.2) is 17.5 Å². The summed E-state index contributed by atoms with van der Waals surface area (Å²) in [6.45, 7) is 0. The molecule has 4 aromatic carbocycles.